The maximum atomic E-state index is 13.0. The van der Waals surface area contributed by atoms with Gasteiger partial charge in [0.05, 0.1) is 12.7 Å². The largest absolute Gasteiger partial charge is 0.496 e. The van der Waals surface area contributed by atoms with Gasteiger partial charge >= 0.3 is 5.97 Å². The Hall–Kier alpha value is -4.57. The quantitative estimate of drug-likeness (QED) is 0.213. The summed E-state index contributed by atoms with van der Waals surface area (Å²) in [6.45, 7) is 0.186. The van der Waals surface area contributed by atoms with Crippen molar-refractivity contribution >= 4 is 33.1 Å². The zero-order valence-corrected chi connectivity index (χ0v) is 19.7. The van der Waals surface area contributed by atoms with Gasteiger partial charge in [0, 0.05) is 27.6 Å². The molecule has 4 heteroatoms. The number of esters is 1. The molecule has 0 bridgehead atoms. The predicted octanol–water partition coefficient (Wildman–Crippen LogP) is 6.89. The lowest BCUT2D eigenvalue weighted by Gasteiger charge is -2.40. The highest BCUT2D eigenvalue weighted by atomic mass is 16.5. The Morgan fingerprint density at radius 1 is 0.806 bits per heavy atom. The van der Waals surface area contributed by atoms with Crippen molar-refractivity contribution in [2.75, 3.05) is 13.7 Å². The zero-order chi connectivity index (χ0) is 24.3. The molecule has 0 N–H and O–H groups in total. The number of para-hydroxylation sites is 1. The van der Waals surface area contributed by atoms with E-state index in [1.807, 2.05) is 60.7 Å². The van der Waals surface area contributed by atoms with Crippen LogP contribution in [0.1, 0.15) is 27.0 Å². The average molecular weight is 471 g/mol. The molecular weight excluding hydrogens is 448 g/mol. The fraction of sp³-hybridized carbons (Fsp3) is 0.0938. The van der Waals surface area contributed by atoms with Gasteiger partial charge in [-0.3, -0.25) is 0 Å². The van der Waals surface area contributed by atoms with Gasteiger partial charge < -0.3 is 14.2 Å². The third-order valence-corrected chi connectivity index (χ3v) is 7.25. The molecule has 1 atom stereocenters. The van der Waals surface area contributed by atoms with Crippen LogP contribution in [0.3, 0.4) is 0 Å². The van der Waals surface area contributed by atoms with Gasteiger partial charge in [-0.25, -0.2) is 4.79 Å². The Kier molecular flexibility index (Phi) is 4.45. The Morgan fingerprint density at radius 3 is 2.44 bits per heavy atom. The number of cyclic esters (lactones) is 1. The second-order valence-electron chi connectivity index (χ2n) is 9.16. The molecular formula is C32H22O4. The Balaban J connectivity index is 1.62. The number of hydrogen-bond donors (Lipinski definition) is 0. The van der Waals surface area contributed by atoms with Gasteiger partial charge in [0.25, 0.3) is 0 Å². The van der Waals surface area contributed by atoms with E-state index in [4.69, 9.17) is 14.2 Å². The van der Waals surface area contributed by atoms with E-state index in [9.17, 15) is 4.79 Å². The summed E-state index contributed by atoms with van der Waals surface area (Å²) in [5, 5.41) is 4.09. The number of benzene rings is 5. The van der Waals surface area contributed by atoms with Crippen LogP contribution in [0.5, 0.6) is 11.5 Å². The first-order valence-corrected chi connectivity index (χ1v) is 12.0. The molecule has 0 radical (unpaired) electrons. The van der Waals surface area contributed by atoms with Crippen molar-refractivity contribution in [3.63, 3.8) is 0 Å². The Morgan fingerprint density at radius 2 is 1.58 bits per heavy atom. The highest BCUT2D eigenvalue weighted by Crippen LogP contribution is 2.52. The molecule has 0 aromatic heterocycles. The van der Waals surface area contributed by atoms with Crippen LogP contribution < -0.4 is 9.47 Å². The summed E-state index contributed by atoms with van der Waals surface area (Å²) in [5.74, 6) is 1.09. The summed E-state index contributed by atoms with van der Waals surface area (Å²) in [6.07, 6.45) is 2.09. The normalized spacial score (nSPS) is 18.2. The topological polar surface area (TPSA) is 44.8 Å². The summed E-state index contributed by atoms with van der Waals surface area (Å²) in [5.41, 5.74) is 3.15. The van der Waals surface area contributed by atoms with Crippen molar-refractivity contribution in [2.45, 2.75) is 5.60 Å². The summed E-state index contributed by atoms with van der Waals surface area (Å²) < 4.78 is 18.6. The van der Waals surface area contributed by atoms with Crippen molar-refractivity contribution in [2.24, 2.45) is 0 Å². The molecule has 5 aromatic carbocycles. The van der Waals surface area contributed by atoms with Gasteiger partial charge in [-0.1, -0.05) is 78.9 Å². The van der Waals surface area contributed by atoms with Crippen molar-refractivity contribution in [3.05, 3.63) is 125 Å². The molecule has 174 valence electrons. The monoisotopic (exact) mass is 470 g/mol. The van der Waals surface area contributed by atoms with Gasteiger partial charge in [-0.15, -0.1) is 0 Å². The molecule has 5 aromatic rings. The SMILES string of the molecule is COc1ccccc1C1(c2ccccc2)C=C2COC(=O)c3cc4c(ccc5ccccc54)c(c32)O1. The molecule has 4 nitrogen and oxygen atoms in total. The number of hydrogen-bond acceptors (Lipinski definition) is 4. The number of carbonyl (C=O) groups excluding carboxylic acids is 1. The number of carbonyl (C=O) groups is 1. The first-order chi connectivity index (χ1) is 17.7. The fourth-order valence-corrected chi connectivity index (χ4v) is 5.62. The van der Waals surface area contributed by atoms with Crippen LogP contribution >= 0.6 is 0 Å². The summed E-state index contributed by atoms with van der Waals surface area (Å²) in [6, 6.07) is 32.4. The molecule has 0 fully saturated rings. The van der Waals surface area contributed by atoms with E-state index in [-0.39, 0.29) is 12.6 Å². The minimum absolute atomic E-state index is 0.186. The maximum Gasteiger partial charge on any atom is 0.339 e. The molecule has 1 unspecified atom stereocenters. The summed E-state index contributed by atoms with van der Waals surface area (Å²) >= 11 is 0. The van der Waals surface area contributed by atoms with Crippen LogP contribution in [-0.2, 0) is 10.3 Å². The molecule has 2 aliphatic rings. The minimum Gasteiger partial charge on any atom is -0.496 e. The van der Waals surface area contributed by atoms with E-state index in [2.05, 4.69) is 42.5 Å². The zero-order valence-electron chi connectivity index (χ0n) is 19.7. The van der Waals surface area contributed by atoms with Gasteiger partial charge in [-0.05, 0) is 40.4 Å². The molecule has 0 aliphatic carbocycles. The van der Waals surface area contributed by atoms with Gasteiger partial charge in [0.15, 0.2) is 5.60 Å². The minimum atomic E-state index is -0.975. The molecule has 0 amide bonds. The maximum absolute atomic E-state index is 13.0. The van der Waals surface area contributed by atoms with E-state index >= 15 is 0 Å². The van der Waals surface area contributed by atoms with E-state index in [0.717, 1.165) is 49.6 Å². The number of methoxy groups -OCH3 is 1. The Labute approximate surface area is 208 Å². The number of fused-ring (bicyclic) bond motifs is 4. The van der Waals surface area contributed by atoms with Crippen molar-refractivity contribution in [1.82, 2.24) is 0 Å². The van der Waals surface area contributed by atoms with Crippen molar-refractivity contribution in [3.8, 4) is 11.5 Å². The van der Waals surface area contributed by atoms with Crippen LogP contribution in [-0.4, -0.2) is 19.7 Å². The van der Waals surface area contributed by atoms with Crippen LogP contribution in [0.2, 0.25) is 0 Å². The van der Waals surface area contributed by atoms with Crippen molar-refractivity contribution < 1.29 is 19.0 Å². The Bertz CT molecular complexity index is 1720. The second-order valence-corrected chi connectivity index (χ2v) is 9.16. The lowest BCUT2D eigenvalue weighted by Crippen LogP contribution is -2.37. The first-order valence-electron chi connectivity index (χ1n) is 12.0. The van der Waals surface area contributed by atoms with Gasteiger partial charge in [0.2, 0.25) is 0 Å². The smallest absolute Gasteiger partial charge is 0.339 e. The second kappa shape index (κ2) is 7.72. The molecule has 0 spiro atoms. The summed E-state index contributed by atoms with van der Waals surface area (Å²) in [4.78, 5) is 13.0. The van der Waals surface area contributed by atoms with E-state index in [0.29, 0.717) is 11.3 Å². The fourth-order valence-electron chi connectivity index (χ4n) is 5.62. The molecule has 0 saturated carbocycles. The molecule has 36 heavy (non-hydrogen) atoms. The predicted molar refractivity (Wildman–Crippen MR) is 141 cm³/mol. The van der Waals surface area contributed by atoms with Crippen LogP contribution in [0, 0.1) is 0 Å². The first kappa shape index (κ1) is 20.8. The molecule has 2 aliphatic heterocycles. The lowest BCUT2D eigenvalue weighted by atomic mass is 9.79. The highest BCUT2D eigenvalue weighted by molar-refractivity contribution is 6.15. The van der Waals surface area contributed by atoms with Crippen LogP contribution in [0.15, 0.2) is 103 Å². The van der Waals surface area contributed by atoms with Crippen LogP contribution in [0.4, 0.5) is 0 Å². The van der Waals surface area contributed by atoms with Crippen LogP contribution in [0.25, 0.3) is 27.1 Å². The lowest BCUT2D eigenvalue weighted by molar-refractivity contribution is 0.0534. The highest BCUT2D eigenvalue weighted by Gasteiger charge is 2.44. The van der Waals surface area contributed by atoms with Crippen molar-refractivity contribution in [1.29, 1.82) is 0 Å². The van der Waals surface area contributed by atoms with E-state index < -0.39 is 5.60 Å². The number of ether oxygens (including phenoxy) is 3. The molecule has 2 heterocycles. The standard InChI is InChI=1S/C32H22O4/c1-34-28-14-8-7-13-27(28)32(22-10-3-2-4-11-22)18-21-19-35-31(33)26-17-25-23-12-6-5-9-20(23)15-16-24(25)30(36-32)29(21)26/h2-18H,19H2,1H3. The average Bonchev–Trinajstić information content (AvgIpc) is 2.95. The summed E-state index contributed by atoms with van der Waals surface area (Å²) in [7, 11) is 1.67. The van der Waals surface area contributed by atoms with E-state index in [1.54, 1.807) is 7.11 Å². The van der Waals surface area contributed by atoms with Gasteiger partial charge in [0.1, 0.15) is 18.1 Å². The third-order valence-electron chi connectivity index (χ3n) is 7.25. The third kappa shape index (κ3) is 2.85. The van der Waals surface area contributed by atoms with E-state index in [1.165, 1.54) is 0 Å². The molecule has 0 saturated heterocycles. The van der Waals surface area contributed by atoms with Gasteiger partial charge in [-0.2, -0.15) is 0 Å². The number of rotatable bonds is 3. The molecule has 7 rings (SSSR count).